The summed E-state index contributed by atoms with van der Waals surface area (Å²) in [5, 5.41) is 8.28. The molecule has 2 heterocycles. The molecule has 118 valence electrons. The third kappa shape index (κ3) is 3.39. The molecule has 1 N–H and O–H groups in total. The fraction of sp³-hybridized carbons (Fsp3) is 0.545. The van der Waals surface area contributed by atoms with Crippen LogP contribution in [0.25, 0.3) is 0 Å². The molecule has 0 radical (unpaired) electrons. The minimum absolute atomic E-state index is 0.121. The topological polar surface area (TPSA) is 105 Å². The highest BCUT2D eigenvalue weighted by Crippen LogP contribution is 2.24. The fourth-order valence-corrected chi connectivity index (χ4v) is 5.72. The van der Waals surface area contributed by atoms with Crippen molar-refractivity contribution in [1.29, 1.82) is 0 Å². The van der Waals surface area contributed by atoms with E-state index in [9.17, 15) is 21.2 Å². The molecular weight excluding hydrogens is 323 g/mol. The molecule has 21 heavy (non-hydrogen) atoms. The Bertz CT molecular complexity index is 720. The van der Waals surface area contributed by atoms with Crippen molar-refractivity contribution in [2.45, 2.75) is 17.5 Å². The van der Waals surface area contributed by atoms with Gasteiger partial charge in [-0.1, -0.05) is 0 Å². The fourth-order valence-electron chi connectivity index (χ4n) is 2.27. The van der Waals surface area contributed by atoms with Crippen LogP contribution >= 0.6 is 0 Å². The largest absolute Gasteiger partial charge is 0.395 e. The second kappa shape index (κ2) is 5.95. The summed E-state index contributed by atoms with van der Waals surface area (Å²) in [7, 11) is -7.62. The van der Waals surface area contributed by atoms with E-state index in [0.29, 0.717) is 0 Å². The molecule has 0 bridgehead atoms. The molecular formula is C11H15FN2O5S2. The minimum atomic E-state index is -4.30. The van der Waals surface area contributed by atoms with E-state index in [-0.39, 0.29) is 24.5 Å². The van der Waals surface area contributed by atoms with E-state index in [4.69, 9.17) is 5.11 Å². The lowest BCUT2D eigenvalue weighted by Crippen LogP contribution is -2.43. The Morgan fingerprint density at radius 1 is 1.48 bits per heavy atom. The van der Waals surface area contributed by atoms with Gasteiger partial charge in [0, 0.05) is 18.8 Å². The lowest BCUT2D eigenvalue weighted by Gasteiger charge is -2.26. The van der Waals surface area contributed by atoms with E-state index >= 15 is 0 Å². The smallest absolute Gasteiger partial charge is 0.263 e. The molecule has 1 aliphatic heterocycles. The van der Waals surface area contributed by atoms with Crippen LogP contribution in [0.15, 0.2) is 23.4 Å². The number of halogens is 1. The summed E-state index contributed by atoms with van der Waals surface area (Å²) in [6.07, 6.45) is 1.26. The molecule has 0 amide bonds. The molecule has 1 aliphatic rings. The van der Waals surface area contributed by atoms with Crippen molar-refractivity contribution in [3.8, 4) is 0 Å². The lowest BCUT2D eigenvalue weighted by molar-refractivity contribution is 0.232. The Kier molecular flexibility index (Phi) is 4.61. The van der Waals surface area contributed by atoms with Crippen LogP contribution in [0.3, 0.4) is 0 Å². The van der Waals surface area contributed by atoms with E-state index in [1.807, 2.05) is 0 Å². The predicted octanol–water partition coefficient (Wildman–Crippen LogP) is -0.609. The van der Waals surface area contributed by atoms with Gasteiger partial charge in [0.1, 0.15) is 0 Å². The van der Waals surface area contributed by atoms with Gasteiger partial charge in [-0.3, -0.25) is 0 Å². The molecule has 1 aromatic heterocycles. The van der Waals surface area contributed by atoms with Crippen LogP contribution in [0, 0.1) is 5.82 Å². The van der Waals surface area contributed by atoms with E-state index in [2.05, 4.69) is 4.98 Å². The Hall–Kier alpha value is -1.10. The highest BCUT2D eigenvalue weighted by atomic mass is 32.2. The first kappa shape index (κ1) is 16.3. The number of rotatable bonds is 5. The number of aromatic nitrogens is 1. The van der Waals surface area contributed by atoms with Crippen molar-refractivity contribution in [1.82, 2.24) is 9.29 Å². The number of nitrogens with zero attached hydrogens (tertiary/aromatic N) is 2. The van der Waals surface area contributed by atoms with E-state index in [1.54, 1.807) is 0 Å². The number of sulfone groups is 1. The molecule has 1 atom stereocenters. The van der Waals surface area contributed by atoms with E-state index in [1.165, 1.54) is 6.07 Å². The molecule has 10 heteroatoms. The molecule has 1 saturated heterocycles. The standard InChI is InChI=1S/C11H15FN2O5S2/c12-10-2-1-4-13-11(10)21(18,19)14(5-6-15)9-3-7-20(16,17)8-9/h1-2,4,9,15H,3,5-8H2. The van der Waals surface area contributed by atoms with Gasteiger partial charge in [-0.2, -0.15) is 4.31 Å². The first-order valence-corrected chi connectivity index (χ1v) is 9.48. The van der Waals surface area contributed by atoms with Crippen molar-refractivity contribution < 1.29 is 26.3 Å². The van der Waals surface area contributed by atoms with Gasteiger partial charge in [-0.05, 0) is 18.6 Å². The van der Waals surface area contributed by atoms with Gasteiger partial charge in [-0.15, -0.1) is 0 Å². The van der Waals surface area contributed by atoms with Gasteiger partial charge >= 0.3 is 0 Å². The number of hydrogen-bond donors (Lipinski definition) is 1. The molecule has 0 spiro atoms. The van der Waals surface area contributed by atoms with Crippen molar-refractivity contribution in [2.75, 3.05) is 24.7 Å². The maximum absolute atomic E-state index is 13.7. The molecule has 0 saturated carbocycles. The Morgan fingerprint density at radius 2 is 2.19 bits per heavy atom. The Balaban J connectivity index is 2.40. The maximum Gasteiger partial charge on any atom is 0.263 e. The van der Waals surface area contributed by atoms with E-state index in [0.717, 1.165) is 16.6 Å². The summed E-state index contributed by atoms with van der Waals surface area (Å²) in [4.78, 5) is 3.53. The number of hydrogen-bond acceptors (Lipinski definition) is 6. The zero-order valence-corrected chi connectivity index (χ0v) is 12.6. The predicted molar refractivity (Wildman–Crippen MR) is 72.2 cm³/mol. The molecule has 1 unspecified atom stereocenters. The quantitative estimate of drug-likeness (QED) is 0.768. The van der Waals surface area contributed by atoms with E-state index < -0.39 is 43.4 Å². The summed E-state index contributed by atoms with van der Waals surface area (Å²) in [5.74, 6) is -1.47. The SMILES string of the molecule is O=S1(=O)CCC(N(CCO)S(=O)(=O)c2ncccc2F)C1. The van der Waals surface area contributed by atoms with Crippen LogP contribution in [0.5, 0.6) is 0 Å². The second-order valence-electron chi connectivity index (χ2n) is 4.69. The van der Waals surface area contributed by atoms with Gasteiger partial charge in [0.15, 0.2) is 15.7 Å². The molecule has 0 aliphatic carbocycles. The van der Waals surface area contributed by atoms with Crippen LogP contribution in [0.2, 0.25) is 0 Å². The molecule has 1 fully saturated rings. The molecule has 1 aromatic rings. The highest BCUT2D eigenvalue weighted by molar-refractivity contribution is 7.92. The van der Waals surface area contributed by atoms with Crippen molar-refractivity contribution in [3.05, 3.63) is 24.1 Å². The van der Waals surface area contributed by atoms with Gasteiger partial charge in [0.05, 0.1) is 18.1 Å². The lowest BCUT2D eigenvalue weighted by atomic mass is 10.3. The van der Waals surface area contributed by atoms with Crippen LogP contribution in [-0.4, -0.2) is 61.9 Å². The number of sulfonamides is 1. The van der Waals surface area contributed by atoms with Gasteiger partial charge in [0.25, 0.3) is 10.0 Å². The summed E-state index contributed by atoms with van der Waals surface area (Å²) in [6.45, 7) is -0.803. The Morgan fingerprint density at radius 3 is 2.71 bits per heavy atom. The second-order valence-corrected chi connectivity index (χ2v) is 8.72. The summed E-state index contributed by atoms with van der Waals surface area (Å²) >= 11 is 0. The number of pyridine rings is 1. The third-order valence-electron chi connectivity index (χ3n) is 3.21. The normalized spacial score (nSPS) is 21.8. The first-order chi connectivity index (χ1) is 9.78. The van der Waals surface area contributed by atoms with Crippen LogP contribution in [0.4, 0.5) is 4.39 Å². The van der Waals surface area contributed by atoms with Crippen molar-refractivity contribution >= 4 is 19.9 Å². The van der Waals surface area contributed by atoms with Crippen LogP contribution < -0.4 is 0 Å². The average Bonchev–Trinajstić information content (AvgIpc) is 2.76. The summed E-state index contributed by atoms with van der Waals surface area (Å²) in [6, 6.07) is 1.40. The number of aliphatic hydroxyl groups excluding tert-OH is 1. The minimum Gasteiger partial charge on any atom is -0.395 e. The third-order valence-corrected chi connectivity index (χ3v) is 6.85. The number of aliphatic hydroxyl groups is 1. The maximum atomic E-state index is 13.7. The van der Waals surface area contributed by atoms with Gasteiger partial charge < -0.3 is 5.11 Å². The average molecular weight is 338 g/mol. The monoisotopic (exact) mass is 338 g/mol. The molecule has 2 rings (SSSR count). The van der Waals surface area contributed by atoms with Gasteiger partial charge in [-0.25, -0.2) is 26.2 Å². The zero-order chi connectivity index (χ0) is 15.7. The molecule has 7 nitrogen and oxygen atoms in total. The van der Waals surface area contributed by atoms with Crippen molar-refractivity contribution in [2.24, 2.45) is 0 Å². The summed E-state index contributed by atoms with van der Waals surface area (Å²) in [5.41, 5.74) is 0. The van der Waals surface area contributed by atoms with Gasteiger partial charge in [0.2, 0.25) is 5.03 Å². The highest BCUT2D eigenvalue weighted by Gasteiger charge is 2.40. The van der Waals surface area contributed by atoms with Crippen LogP contribution in [-0.2, 0) is 19.9 Å². The zero-order valence-electron chi connectivity index (χ0n) is 11.0. The van der Waals surface area contributed by atoms with Crippen molar-refractivity contribution in [3.63, 3.8) is 0 Å². The van der Waals surface area contributed by atoms with Crippen LogP contribution in [0.1, 0.15) is 6.42 Å². The summed E-state index contributed by atoms with van der Waals surface area (Å²) < 4.78 is 62.4. The molecule has 0 aromatic carbocycles. The Labute approximate surface area is 122 Å². The first-order valence-electron chi connectivity index (χ1n) is 6.21.